The number of nitrogens with one attached hydrogen (secondary N) is 1. The monoisotopic (exact) mass is 297 g/mol. The lowest BCUT2D eigenvalue weighted by Gasteiger charge is -2.18. The topological polar surface area (TPSA) is 89.8 Å². The molecule has 110 valence electrons. The fraction of sp³-hybridized carbons (Fsp3) is 0.429. The molecule has 20 heavy (non-hydrogen) atoms. The maximum absolute atomic E-state index is 10.8. The number of aliphatic carboxylic acids is 1. The summed E-state index contributed by atoms with van der Waals surface area (Å²) in [6.07, 6.45) is 1.49. The van der Waals surface area contributed by atoms with E-state index in [4.69, 9.17) is 17.3 Å². The number of thiocarbonyl (C=S) groups is 1. The van der Waals surface area contributed by atoms with Crippen LogP contribution in [-0.2, 0) is 11.2 Å². The molecular formula is C14H19NO4S. The number of aromatic hydroxyl groups is 2. The van der Waals surface area contributed by atoms with Crippen molar-refractivity contribution < 1.29 is 20.1 Å². The molecule has 0 bridgehead atoms. The Labute approximate surface area is 123 Å². The number of benzene rings is 1. The Morgan fingerprint density at radius 2 is 2.00 bits per heavy atom. The number of phenolic OH excluding ortho intramolecular Hbond substituents is 2. The second kappa shape index (κ2) is 6.56. The van der Waals surface area contributed by atoms with Crippen LogP contribution in [0, 0.1) is 6.92 Å². The molecule has 0 heterocycles. The van der Waals surface area contributed by atoms with Crippen molar-refractivity contribution in [3.63, 3.8) is 0 Å². The molecule has 1 atom stereocenters. The van der Waals surface area contributed by atoms with Gasteiger partial charge < -0.3 is 20.6 Å². The molecule has 5 nitrogen and oxygen atoms in total. The lowest BCUT2D eigenvalue weighted by atomic mass is 9.96. The zero-order valence-corrected chi connectivity index (χ0v) is 12.5. The van der Waals surface area contributed by atoms with Gasteiger partial charge in [-0.3, -0.25) is 4.79 Å². The summed E-state index contributed by atoms with van der Waals surface area (Å²) < 4.78 is 0. The molecule has 0 fully saturated rings. The van der Waals surface area contributed by atoms with E-state index in [1.54, 1.807) is 6.92 Å². The van der Waals surface area contributed by atoms with Gasteiger partial charge >= 0.3 is 5.97 Å². The third-order valence-electron chi connectivity index (χ3n) is 3.11. The van der Waals surface area contributed by atoms with Crippen molar-refractivity contribution in [1.82, 2.24) is 5.32 Å². The maximum Gasteiger partial charge on any atom is 0.325 e. The summed E-state index contributed by atoms with van der Waals surface area (Å²) in [5.74, 6) is -1.16. The Balaban J connectivity index is 3.20. The largest absolute Gasteiger partial charge is 0.508 e. The van der Waals surface area contributed by atoms with Gasteiger partial charge in [0.05, 0.1) is 5.56 Å². The first-order chi connectivity index (χ1) is 9.29. The second-order valence-corrected chi connectivity index (χ2v) is 5.09. The minimum atomic E-state index is -1.03. The molecule has 0 saturated carbocycles. The molecule has 4 N–H and O–H groups in total. The summed E-state index contributed by atoms with van der Waals surface area (Å²) in [5, 5.41) is 31.3. The smallest absolute Gasteiger partial charge is 0.325 e. The number of phenols is 2. The fourth-order valence-corrected chi connectivity index (χ4v) is 2.44. The van der Waals surface area contributed by atoms with Crippen LogP contribution in [0.2, 0.25) is 0 Å². The third kappa shape index (κ3) is 3.39. The summed E-state index contributed by atoms with van der Waals surface area (Å²) in [6, 6.07) is 0.386. The van der Waals surface area contributed by atoms with Gasteiger partial charge in [-0.25, -0.2) is 0 Å². The first kappa shape index (κ1) is 16.2. The molecule has 0 aromatic heterocycles. The summed E-state index contributed by atoms with van der Waals surface area (Å²) in [4.78, 5) is 11.0. The van der Waals surface area contributed by atoms with E-state index in [-0.39, 0.29) is 16.5 Å². The van der Waals surface area contributed by atoms with Crippen LogP contribution in [0.3, 0.4) is 0 Å². The summed E-state index contributed by atoms with van der Waals surface area (Å²) in [7, 11) is 0. The normalized spacial score (nSPS) is 11.9. The van der Waals surface area contributed by atoms with Crippen LogP contribution in [0.1, 0.15) is 37.0 Å². The highest BCUT2D eigenvalue weighted by molar-refractivity contribution is 7.80. The zero-order valence-electron chi connectivity index (χ0n) is 11.7. The zero-order chi connectivity index (χ0) is 15.4. The molecule has 0 unspecified atom stereocenters. The average molecular weight is 297 g/mol. The molecule has 1 aromatic rings. The van der Waals surface area contributed by atoms with Crippen LogP contribution in [0.15, 0.2) is 6.07 Å². The van der Waals surface area contributed by atoms with Gasteiger partial charge in [-0.1, -0.05) is 25.6 Å². The van der Waals surface area contributed by atoms with E-state index < -0.39 is 12.0 Å². The lowest BCUT2D eigenvalue weighted by Crippen LogP contribution is -2.38. The van der Waals surface area contributed by atoms with Crippen molar-refractivity contribution >= 4 is 23.2 Å². The van der Waals surface area contributed by atoms with E-state index >= 15 is 0 Å². The number of carboxylic acid groups (broad SMARTS) is 1. The van der Waals surface area contributed by atoms with Crippen molar-refractivity contribution in [3.8, 4) is 11.5 Å². The van der Waals surface area contributed by atoms with E-state index in [9.17, 15) is 15.0 Å². The van der Waals surface area contributed by atoms with Crippen LogP contribution in [0.25, 0.3) is 0 Å². The molecule has 6 heteroatoms. The van der Waals surface area contributed by atoms with E-state index in [1.807, 2.05) is 6.92 Å². The van der Waals surface area contributed by atoms with Gasteiger partial charge in [0.15, 0.2) is 0 Å². The van der Waals surface area contributed by atoms with Crippen LogP contribution in [0.5, 0.6) is 11.5 Å². The van der Waals surface area contributed by atoms with Gasteiger partial charge in [0.1, 0.15) is 22.5 Å². The predicted octanol–water partition coefficient (Wildman–Crippen LogP) is 2.10. The third-order valence-corrected chi connectivity index (χ3v) is 3.43. The molecule has 0 saturated heterocycles. The highest BCUT2D eigenvalue weighted by Crippen LogP contribution is 2.33. The first-order valence-corrected chi connectivity index (χ1v) is 6.78. The quantitative estimate of drug-likeness (QED) is 0.622. The van der Waals surface area contributed by atoms with Gasteiger partial charge in [-0.15, -0.1) is 0 Å². The number of hydrogen-bond donors (Lipinski definition) is 4. The van der Waals surface area contributed by atoms with E-state index in [0.717, 1.165) is 6.42 Å². The molecule has 0 spiro atoms. The van der Waals surface area contributed by atoms with Crippen LogP contribution in [-0.4, -0.2) is 32.3 Å². The Kier molecular flexibility index (Phi) is 5.33. The Bertz CT molecular complexity index is 542. The van der Waals surface area contributed by atoms with Gasteiger partial charge in [0.25, 0.3) is 0 Å². The van der Waals surface area contributed by atoms with Gasteiger partial charge in [0.2, 0.25) is 0 Å². The highest BCUT2D eigenvalue weighted by atomic mass is 32.1. The number of carbonyl (C=O) groups is 1. The molecule has 0 aliphatic carbocycles. The van der Waals surface area contributed by atoms with E-state index in [2.05, 4.69) is 5.32 Å². The van der Waals surface area contributed by atoms with Crippen LogP contribution in [0.4, 0.5) is 0 Å². The molecule has 0 aliphatic heterocycles. The highest BCUT2D eigenvalue weighted by Gasteiger charge is 2.20. The SMILES string of the molecule is CCCc1c(O)cc(O)c(C(=S)N[C@H](C)C(=O)O)c1C. The van der Waals surface area contributed by atoms with Crippen molar-refractivity contribution in [1.29, 1.82) is 0 Å². The van der Waals surface area contributed by atoms with Crippen molar-refractivity contribution in [2.45, 2.75) is 39.7 Å². The second-order valence-electron chi connectivity index (χ2n) is 4.68. The van der Waals surface area contributed by atoms with Crippen molar-refractivity contribution in [2.75, 3.05) is 0 Å². The molecule has 1 aromatic carbocycles. The standard InChI is InChI=1S/C14H19NO4S/c1-4-5-9-7(2)12(11(17)6-10(9)16)13(20)15-8(3)14(18)19/h6,8,16-17H,4-5H2,1-3H3,(H,15,20)(H,18,19)/t8-/m1/s1. The van der Waals surface area contributed by atoms with Gasteiger partial charge in [0, 0.05) is 6.07 Å². The van der Waals surface area contributed by atoms with Crippen LogP contribution < -0.4 is 5.32 Å². The number of rotatable bonds is 5. The molecule has 0 radical (unpaired) electrons. The van der Waals surface area contributed by atoms with E-state index in [0.29, 0.717) is 23.1 Å². The fourth-order valence-electron chi connectivity index (χ4n) is 2.01. The minimum Gasteiger partial charge on any atom is -0.508 e. The Hall–Kier alpha value is -1.82. The first-order valence-electron chi connectivity index (χ1n) is 6.37. The lowest BCUT2D eigenvalue weighted by molar-refractivity contribution is -0.138. The Morgan fingerprint density at radius 3 is 2.50 bits per heavy atom. The summed E-state index contributed by atoms with van der Waals surface area (Å²) in [6.45, 7) is 5.20. The summed E-state index contributed by atoms with van der Waals surface area (Å²) >= 11 is 5.16. The number of carboxylic acids is 1. The summed E-state index contributed by atoms with van der Waals surface area (Å²) in [5.41, 5.74) is 1.75. The number of hydrogen-bond acceptors (Lipinski definition) is 4. The maximum atomic E-state index is 10.8. The average Bonchev–Trinajstić information content (AvgIpc) is 2.33. The molecular weight excluding hydrogens is 278 g/mol. The predicted molar refractivity (Wildman–Crippen MR) is 80.4 cm³/mol. The molecule has 1 rings (SSSR count). The molecule has 0 aliphatic rings. The molecule has 0 amide bonds. The van der Waals surface area contributed by atoms with Crippen molar-refractivity contribution in [3.05, 3.63) is 22.8 Å². The van der Waals surface area contributed by atoms with Crippen molar-refractivity contribution in [2.24, 2.45) is 0 Å². The van der Waals surface area contributed by atoms with Gasteiger partial charge in [-0.05, 0) is 31.4 Å². The Morgan fingerprint density at radius 1 is 1.40 bits per heavy atom. The van der Waals surface area contributed by atoms with E-state index in [1.165, 1.54) is 13.0 Å². The minimum absolute atomic E-state index is 0.0275. The van der Waals surface area contributed by atoms with Gasteiger partial charge in [-0.2, -0.15) is 0 Å². The van der Waals surface area contributed by atoms with Crippen LogP contribution >= 0.6 is 12.2 Å².